The van der Waals surface area contributed by atoms with Gasteiger partial charge in [-0.25, -0.2) is 9.78 Å². The van der Waals surface area contributed by atoms with Gasteiger partial charge in [-0.05, 0) is 25.1 Å². The lowest BCUT2D eigenvalue weighted by Crippen LogP contribution is -2.63. The number of rotatable bonds is 7. The van der Waals surface area contributed by atoms with Crippen LogP contribution in [0.3, 0.4) is 0 Å². The zero-order chi connectivity index (χ0) is 24.0. The van der Waals surface area contributed by atoms with Gasteiger partial charge < -0.3 is 26.2 Å². The molecule has 0 saturated carbocycles. The Balaban J connectivity index is 1.53. The molecule has 33 heavy (non-hydrogen) atoms. The molecule has 2 aliphatic rings. The fourth-order valence-corrected chi connectivity index (χ4v) is 6.17. The van der Waals surface area contributed by atoms with Gasteiger partial charge in [0.1, 0.15) is 11.4 Å². The number of carbonyl (C=O) groups excluding carboxylic acids is 3. The number of hydrogen-bond donors (Lipinski definition) is 4. The Morgan fingerprint density at radius 1 is 1.33 bits per heavy atom. The lowest BCUT2D eigenvalue weighted by molar-refractivity contribution is -0.163. The molecule has 2 aromatic rings. The van der Waals surface area contributed by atoms with Gasteiger partial charge in [0.15, 0.2) is 4.34 Å². The van der Waals surface area contributed by atoms with Gasteiger partial charge in [-0.1, -0.05) is 24.8 Å². The fourth-order valence-electron chi connectivity index (χ4n) is 4.10. The van der Waals surface area contributed by atoms with Gasteiger partial charge in [-0.3, -0.25) is 14.4 Å². The summed E-state index contributed by atoms with van der Waals surface area (Å²) < 4.78 is 0.440. The molecule has 0 bridgehead atoms. The van der Waals surface area contributed by atoms with Crippen molar-refractivity contribution in [2.45, 2.75) is 30.3 Å². The molecule has 5 N–H and O–H groups in total. The van der Waals surface area contributed by atoms with E-state index < -0.39 is 41.8 Å². The van der Waals surface area contributed by atoms with Crippen molar-refractivity contribution in [3.8, 4) is 0 Å². The van der Waals surface area contributed by atoms with Crippen molar-refractivity contribution in [2.24, 2.45) is 17.6 Å². The first kappa shape index (κ1) is 23.0. The van der Waals surface area contributed by atoms with Gasteiger partial charge in [0, 0.05) is 27.5 Å². The van der Waals surface area contributed by atoms with Gasteiger partial charge >= 0.3 is 5.97 Å². The molecular weight excluding hydrogens is 468 g/mol. The van der Waals surface area contributed by atoms with Crippen LogP contribution in [-0.2, 0) is 9.59 Å². The summed E-state index contributed by atoms with van der Waals surface area (Å²) >= 11 is 2.27. The number of hydrogen-bond acceptors (Lipinski definition) is 8. The maximum absolute atomic E-state index is 12.6. The van der Waals surface area contributed by atoms with Crippen molar-refractivity contribution in [3.05, 3.63) is 51.5 Å². The third kappa shape index (κ3) is 4.01. The molecule has 0 aliphatic carbocycles. The van der Waals surface area contributed by atoms with Crippen LogP contribution in [0, 0.1) is 11.8 Å². The maximum Gasteiger partial charge on any atom is 0.353 e. The van der Waals surface area contributed by atoms with Crippen LogP contribution in [0.4, 0.5) is 5.69 Å². The second-order valence-corrected chi connectivity index (χ2v) is 9.92. The van der Waals surface area contributed by atoms with E-state index in [4.69, 9.17) is 5.73 Å². The minimum absolute atomic E-state index is 0.108. The summed E-state index contributed by atoms with van der Waals surface area (Å²) in [6, 6.07) is 5.75. The highest BCUT2D eigenvalue weighted by Crippen LogP contribution is 2.52. The zero-order valence-electron chi connectivity index (χ0n) is 17.5. The molecule has 3 heterocycles. The van der Waals surface area contributed by atoms with Crippen LogP contribution in [0.2, 0.25) is 0 Å². The first-order valence-electron chi connectivity index (χ1n) is 9.93. The Morgan fingerprint density at radius 2 is 2.06 bits per heavy atom. The predicted octanol–water partition coefficient (Wildman–Crippen LogP) is 1.74. The van der Waals surface area contributed by atoms with Crippen LogP contribution >= 0.6 is 23.1 Å². The van der Waals surface area contributed by atoms with Crippen LogP contribution in [0.5, 0.6) is 0 Å². The number of nitrogens with one attached hydrogen (secondary N) is 1. The molecule has 10 nitrogen and oxygen atoms in total. The summed E-state index contributed by atoms with van der Waals surface area (Å²) in [6.07, 6.45) is -0.885. The lowest BCUT2D eigenvalue weighted by Gasteiger charge is -2.46. The highest BCUT2D eigenvalue weighted by atomic mass is 32.2. The number of anilines is 1. The van der Waals surface area contributed by atoms with Crippen LogP contribution in [0.15, 0.2) is 44.6 Å². The quantitative estimate of drug-likeness (QED) is 0.428. The summed E-state index contributed by atoms with van der Waals surface area (Å²) in [5.74, 6) is -3.72. The van der Waals surface area contributed by atoms with Crippen molar-refractivity contribution >= 4 is 52.5 Å². The summed E-state index contributed by atoms with van der Waals surface area (Å²) in [7, 11) is 0. The van der Waals surface area contributed by atoms with E-state index in [9.17, 15) is 29.4 Å². The zero-order valence-corrected chi connectivity index (χ0v) is 19.1. The third-order valence-corrected chi connectivity index (χ3v) is 7.85. The van der Waals surface area contributed by atoms with E-state index >= 15 is 0 Å². The van der Waals surface area contributed by atoms with Gasteiger partial charge in [-0.15, -0.1) is 11.3 Å². The Bertz CT molecular complexity index is 1210. The number of carboxylic acid groups (broad SMARTS) is 1. The molecule has 12 heteroatoms. The number of primary amides is 1. The minimum Gasteiger partial charge on any atom is -0.477 e. The minimum atomic E-state index is -1.23. The first-order valence-corrected chi connectivity index (χ1v) is 11.6. The average molecular weight is 489 g/mol. The van der Waals surface area contributed by atoms with E-state index in [1.54, 1.807) is 12.1 Å². The molecular formula is C21H20N4O6S2. The SMILES string of the molecule is C[C@@H](O)[C@H]1C(=O)N2C(C(=O)O)=C(Sc3nc(C(=O)Nc4cccc(C(N)=O)c4)cs3)[C@H](C)[C@H]12. The third-order valence-electron chi connectivity index (χ3n) is 5.63. The number of nitrogens with two attached hydrogens (primary N) is 1. The molecule has 4 atom stereocenters. The van der Waals surface area contributed by atoms with E-state index in [1.807, 2.05) is 6.92 Å². The van der Waals surface area contributed by atoms with Gasteiger partial charge in [0.25, 0.3) is 5.91 Å². The number of benzene rings is 1. The molecule has 2 aliphatic heterocycles. The number of amides is 3. The van der Waals surface area contributed by atoms with E-state index in [0.29, 0.717) is 14.9 Å². The number of aliphatic carboxylic acids is 1. The summed E-state index contributed by atoms with van der Waals surface area (Å²) in [6.45, 7) is 3.33. The summed E-state index contributed by atoms with van der Waals surface area (Å²) in [5, 5.41) is 23.8. The molecule has 1 saturated heterocycles. The molecule has 1 aromatic heterocycles. The number of nitrogens with zero attached hydrogens (tertiary/aromatic N) is 2. The van der Waals surface area contributed by atoms with Crippen molar-refractivity contribution in [1.29, 1.82) is 0 Å². The van der Waals surface area contributed by atoms with Gasteiger partial charge in [0.2, 0.25) is 11.8 Å². The van der Waals surface area contributed by atoms with Crippen LogP contribution in [-0.4, -0.2) is 55.9 Å². The Hall–Kier alpha value is -3.22. The lowest BCUT2D eigenvalue weighted by atomic mass is 9.79. The molecule has 4 rings (SSSR count). The second kappa shape index (κ2) is 8.61. The van der Waals surface area contributed by atoms with Crippen LogP contribution in [0.1, 0.15) is 34.7 Å². The van der Waals surface area contributed by atoms with Crippen LogP contribution < -0.4 is 11.1 Å². The largest absolute Gasteiger partial charge is 0.477 e. The molecule has 0 spiro atoms. The highest BCUT2D eigenvalue weighted by molar-refractivity contribution is 8.04. The Morgan fingerprint density at radius 3 is 2.70 bits per heavy atom. The van der Waals surface area contributed by atoms with Gasteiger partial charge in [0.05, 0.1) is 18.1 Å². The number of aromatic nitrogens is 1. The smallest absolute Gasteiger partial charge is 0.353 e. The number of thiazole rings is 1. The van der Waals surface area contributed by atoms with Crippen molar-refractivity contribution in [1.82, 2.24) is 9.88 Å². The molecule has 172 valence electrons. The number of aliphatic hydroxyl groups excluding tert-OH is 1. The molecule has 1 aromatic carbocycles. The molecule has 3 amide bonds. The number of fused-ring (bicyclic) bond motifs is 1. The van der Waals surface area contributed by atoms with Gasteiger partial charge in [-0.2, -0.15) is 0 Å². The second-order valence-electron chi connectivity index (χ2n) is 7.77. The van der Waals surface area contributed by atoms with E-state index in [1.165, 1.54) is 40.7 Å². The number of carbonyl (C=O) groups is 4. The van der Waals surface area contributed by atoms with Crippen molar-refractivity contribution in [2.75, 3.05) is 5.32 Å². The maximum atomic E-state index is 12.6. The normalized spacial score (nSPS) is 22.6. The molecule has 1 fully saturated rings. The Kier molecular flexibility index (Phi) is 5.99. The molecule has 0 unspecified atom stereocenters. The van der Waals surface area contributed by atoms with E-state index in [0.717, 1.165) is 11.8 Å². The number of thioether (sulfide) groups is 1. The predicted molar refractivity (Wildman–Crippen MR) is 121 cm³/mol. The van der Waals surface area contributed by atoms with E-state index in [-0.39, 0.29) is 22.9 Å². The number of carboxylic acids is 1. The summed E-state index contributed by atoms with van der Waals surface area (Å²) in [5.41, 5.74) is 5.90. The van der Waals surface area contributed by atoms with Crippen molar-refractivity contribution < 1.29 is 29.4 Å². The Labute approximate surface area is 196 Å². The summed E-state index contributed by atoms with van der Waals surface area (Å²) in [4.78, 5) is 54.2. The molecule has 0 radical (unpaired) electrons. The number of aliphatic hydroxyl groups is 1. The topological polar surface area (TPSA) is 163 Å². The van der Waals surface area contributed by atoms with E-state index in [2.05, 4.69) is 10.3 Å². The number of β-lactam (4-membered cyclic amide) rings is 1. The van der Waals surface area contributed by atoms with Crippen LogP contribution in [0.25, 0.3) is 0 Å². The highest BCUT2D eigenvalue weighted by Gasteiger charge is 2.60. The van der Waals surface area contributed by atoms with Crippen molar-refractivity contribution in [3.63, 3.8) is 0 Å². The first-order chi connectivity index (χ1) is 15.6. The fraction of sp³-hybridized carbons (Fsp3) is 0.286. The average Bonchev–Trinajstić information content (AvgIpc) is 3.30. The monoisotopic (exact) mass is 488 g/mol. The standard InChI is InChI=1S/C21H20N4O6S2/c1-8-14-13(9(2)26)19(29)25(14)15(20(30)31)16(8)33-21-24-12(7-32-21)18(28)23-11-5-3-4-10(6-11)17(22)27/h3-9,13-14,26H,1-2H3,(H2,22,27)(H,23,28)(H,30,31)/t8-,9-,13-,14-/m1/s1.